The summed E-state index contributed by atoms with van der Waals surface area (Å²) in [6.07, 6.45) is 4.76. The van der Waals surface area contributed by atoms with E-state index in [-0.39, 0.29) is 0 Å². The lowest BCUT2D eigenvalue weighted by molar-refractivity contribution is 0.789. The molecule has 0 saturated carbocycles. The monoisotopic (exact) mass is 283 g/mol. The highest BCUT2D eigenvalue weighted by molar-refractivity contribution is 7.98. The second-order valence-corrected chi connectivity index (χ2v) is 5.08. The van der Waals surface area contributed by atoms with Crippen LogP contribution in [0.25, 0.3) is 5.69 Å². The third kappa shape index (κ3) is 3.36. The molecule has 1 heterocycles. The van der Waals surface area contributed by atoms with Crippen molar-refractivity contribution in [2.45, 2.75) is 6.42 Å². The molecule has 2 aromatic rings. The molecule has 0 atom stereocenters. The van der Waals surface area contributed by atoms with Crippen molar-refractivity contribution >= 4 is 29.1 Å². The predicted octanol–water partition coefficient (Wildman–Crippen LogP) is 2.48. The Kier molecular flexibility index (Phi) is 4.83. The van der Waals surface area contributed by atoms with Gasteiger partial charge in [-0.2, -0.15) is 11.8 Å². The molecule has 1 aromatic carbocycles. The Balaban J connectivity index is 2.07. The van der Waals surface area contributed by atoms with E-state index in [1.165, 1.54) is 0 Å². The molecule has 18 heavy (non-hydrogen) atoms. The van der Waals surface area contributed by atoms with Crippen molar-refractivity contribution in [1.82, 2.24) is 20.2 Å². The summed E-state index contributed by atoms with van der Waals surface area (Å²) in [6.45, 7) is 0.902. The third-order valence-corrected chi connectivity index (χ3v) is 3.43. The van der Waals surface area contributed by atoms with Crippen molar-refractivity contribution in [2.75, 3.05) is 23.9 Å². The first-order valence-electron chi connectivity index (χ1n) is 5.57. The summed E-state index contributed by atoms with van der Waals surface area (Å²) in [4.78, 5) is 0. The zero-order valence-corrected chi connectivity index (χ0v) is 11.6. The molecule has 0 fully saturated rings. The minimum atomic E-state index is 0.705. The Morgan fingerprint density at radius 3 is 3.06 bits per heavy atom. The fraction of sp³-hybridized carbons (Fsp3) is 0.364. The van der Waals surface area contributed by atoms with Crippen molar-refractivity contribution in [3.8, 4) is 5.69 Å². The van der Waals surface area contributed by atoms with Gasteiger partial charge in [0.1, 0.15) is 6.33 Å². The lowest BCUT2D eigenvalue weighted by Gasteiger charge is -2.09. The van der Waals surface area contributed by atoms with Crippen LogP contribution in [0, 0.1) is 0 Å². The van der Waals surface area contributed by atoms with E-state index in [9.17, 15) is 0 Å². The van der Waals surface area contributed by atoms with E-state index in [0.717, 1.165) is 30.1 Å². The highest BCUT2D eigenvalue weighted by atomic mass is 35.5. The number of hydrogen-bond acceptors (Lipinski definition) is 5. The van der Waals surface area contributed by atoms with Gasteiger partial charge >= 0.3 is 0 Å². The molecule has 0 radical (unpaired) electrons. The highest BCUT2D eigenvalue weighted by Crippen LogP contribution is 2.24. The Labute approximate surface area is 115 Å². The van der Waals surface area contributed by atoms with Gasteiger partial charge in [0.25, 0.3) is 0 Å². The minimum Gasteiger partial charge on any atom is -0.384 e. The van der Waals surface area contributed by atoms with E-state index in [2.05, 4.69) is 27.1 Å². The van der Waals surface area contributed by atoms with Crippen molar-refractivity contribution in [2.24, 2.45) is 0 Å². The number of nitrogens with one attached hydrogen (secondary N) is 1. The van der Waals surface area contributed by atoms with Gasteiger partial charge in [-0.25, -0.2) is 4.68 Å². The van der Waals surface area contributed by atoms with Crippen molar-refractivity contribution in [3.05, 3.63) is 29.5 Å². The standard InChI is InChI=1S/C11H14ClN5S/c1-18-6-2-5-13-11-7-9(3-4-10(11)12)17-8-14-15-16-17/h3-4,7-8,13H,2,5-6H2,1H3. The maximum Gasteiger partial charge on any atom is 0.143 e. The molecule has 7 heteroatoms. The second kappa shape index (κ2) is 6.61. The third-order valence-electron chi connectivity index (χ3n) is 2.40. The number of benzene rings is 1. The molecule has 0 aliphatic heterocycles. The molecule has 2 rings (SSSR count). The van der Waals surface area contributed by atoms with Crippen molar-refractivity contribution in [3.63, 3.8) is 0 Å². The minimum absolute atomic E-state index is 0.705. The number of hydrogen-bond donors (Lipinski definition) is 1. The molecular formula is C11H14ClN5S. The molecule has 1 aromatic heterocycles. The number of thioether (sulfide) groups is 1. The topological polar surface area (TPSA) is 55.6 Å². The number of anilines is 1. The van der Waals surface area contributed by atoms with Crippen molar-refractivity contribution < 1.29 is 0 Å². The Morgan fingerprint density at radius 1 is 1.44 bits per heavy atom. The zero-order valence-electron chi connectivity index (χ0n) is 10.0. The second-order valence-electron chi connectivity index (χ2n) is 3.69. The molecule has 0 unspecified atom stereocenters. The maximum absolute atomic E-state index is 6.14. The van der Waals surface area contributed by atoms with Crippen LogP contribution in [0.3, 0.4) is 0 Å². The number of nitrogens with zero attached hydrogens (tertiary/aromatic N) is 4. The molecule has 96 valence electrons. The van der Waals surface area contributed by atoms with Crippen LogP contribution in [0.1, 0.15) is 6.42 Å². The van der Waals surface area contributed by atoms with E-state index in [0.29, 0.717) is 5.02 Å². The van der Waals surface area contributed by atoms with E-state index >= 15 is 0 Å². The highest BCUT2D eigenvalue weighted by Gasteiger charge is 2.04. The number of aromatic nitrogens is 4. The van der Waals surface area contributed by atoms with Gasteiger partial charge in [-0.3, -0.25) is 0 Å². The van der Waals surface area contributed by atoms with Gasteiger partial charge in [-0.15, -0.1) is 5.10 Å². The summed E-state index contributed by atoms with van der Waals surface area (Å²) >= 11 is 7.98. The Hall–Kier alpha value is -1.27. The average molecular weight is 284 g/mol. The lowest BCUT2D eigenvalue weighted by Crippen LogP contribution is -2.04. The lowest BCUT2D eigenvalue weighted by atomic mass is 10.2. The summed E-state index contributed by atoms with van der Waals surface area (Å²) in [5.41, 5.74) is 1.79. The Bertz CT molecular complexity index is 488. The SMILES string of the molecule is CSCCCNc1cc(-n2cnnn2)ccc1Cl. The average Bonchev–Trinajstić information content (AvgIpc) is 2.90. The van der Waals surface area contributed by atoms with E-state index in [1.807, 2.05) is 30.0 Å². The fourth-order valence-electron chi connectivity index (χ4n) is 1.51. The first-order chi connectivity index (χ1) is 8.81. The Morgan fingerprint density at radius 2 is 2.33 bits per heavy atom. The smallest absolute Gasteiger partial charge is 0.143 e. The number of rotatable bonds is 6. The number of halogens is 1. The summed E-state index contributed by atoms with van der Waals surface area (Å²) in [5, 5.41) is 15.1. The largest absolute Gasteiger partial charge is 0.384 e. The fourth-order valence-corrected chi connectivity index (χ4v) is 2.13. The van der Waals surface area contributed by atoms with Gasteiger partial charge < -0.3 is 5.32 Å². The number of tetrazole rings is 1. The van der Waals surface area contributed by atoms with Crippen LogP contribution in [0.4, 0.5) is 5.69 Å². The van der Waals surface area contributed by atoms with Gasteiger partial charge in [0.2, 0.25) is 0 Å². The molecule has 0 saturated heterocycles. The van der Waals surface area contributed by atoms with Gasteiger partial charge in [-0.05, 0) is 47.1 Å². The first kappa shape index (κ1) is 13.2. The molecule has 0 bridgehead atoms. The van der Waals surface area contributed by atoms with E-state index < -0.39 is 0 Å². The van der Waals surface area contributed by atoms with Crippen LogP contribution in [0.5, 0.6) is 0 Å². The first-order valence-corrected chi connectivity index (χ1v) is 7.34. The quantitative estimate of drug-likeness (QED) is 0.826. The van der Waals surface area contributed by atoms with Gasteiger partial charge in [0.05, 0.1) is 16.4 Å². The summed E-state index contributed by atoms with van der Waals surface area (Å²) in [7, 11) is 0. The van der Waals surface area contributed by atoms with Crippen LogP contribution in [-0.2, 0) is 0 Å². The molecule has 0 spiro atoms. The normalized spacial score (nSPS) is 10.6. The van der Waals surface area contributed by atoms with Crippen LogP contribution >= 0.6 is 23.4 Å². The van der Waals surface area contributed by atoms with Gasteiger partial charge in [0.15, 0.2) is 0 Å². The van der Waals surface area contributed by atoms with Crippen LogP contribution < -0.4 is 5.32 Å². The van der Waals surface area contributed by atoms with E-state index in [1.54, 1.807) is 11.0 Å². The van der Waals surface area contributed by atoms with Crippen LogP contribution in [0.15, 0.2) is 24.5 Å². The van der Waals surface area contributed by atoms with E-state index in [4.69, 9.17) is 11.6 Å². The maximum atomic E-state index is 6.14. The van der Waals surface area contributed by atoms with Crippen molar-refractivity contribution in [1.29, 1.82) is 0 Å². The van der Waals surface area contributed by atoms with Gasteiger partial charge in [-0.1, -0.05) is 11.6 Å². The zero-order chi connectivity index (χ0) is 12.8. The van der Waals surface area contributed by atoms with Crippen LogP contribution in [0.2, 0.25) is 5.02 Å². The molecule has 0 aliphatic carbocycles. The predicted molar refractivity (Wildman–Crippen MR) is 75.7 cm³/mol. The molecule has 1 N–H and O–H groups in total. The molecule has 0 amide bonds. The van der Waals surface area contributed by atoms with Crippen LogP contribution in [-0.4, -0.2) is 38.8 Å². The molecule has 5 nitrogen and oxygen atoms in total. The van der Waals surface area contributed by atoms with Gasteiger partial charge in [0, 0.05) is 6.54 Å². The molecule has 0 aliphatic rings. The summed E-state index contributed by atoms with van der Waals surface area (Å²) in [6, 6.07) is 5.67. The molecular weight excluding hydrogens is 270 g/mol. The summed E-state index contributed by atoms with van der Waals surface area (Å²) in [5.74, 6) is 1.14. The summed E-state index contributed by atoms with van der Waals surface area (Å²) < 4.78 is 1.60.